The first kappa shape index (κ1) is 21.3. The van der Waals surface area contributed by atoms with Crippen LogP contribution in [0.3, 0.4) is 0 Å². The number of pyridine rings is 1. The van der Waals surface area contributed by atoms with E-state index >= 15 is 0 Å². The number of nitrogens with one attached hydrogen (secondary N) is 1. The van der Waals surface area contributed by atoms with Gasteiger partial charge in [0.2, 0.25) is 0 Å². The Bertz CT molecular complexity index is 1170. The minimum atomic E-state index is -1.42. The zero-order chi connectivity index (χ0) is 21.8. The summed E-state index contributed by atoms with van der Waals surface area (Å²) in [6, 6.07) is 19.3. The molecule has 4 aromatic rings. The minimum Gasteiger partial charge on any atom is -0.588 e. The van der Waals surface area contributed by atoms with Crippen LogP contribution >= 0.6 is 22.9 Å². The summed E-state index contributed by atoms with van der Waals surface area (Å²) in [6.07, 6.45) is 1.70. The predicted molar refractivity (Wildman–Crippen MR) is 126 cm³/mol. The summed E-state index contributed by atoms with van der Waals surface area (Å²) in [6.45, 7) is 0. The number of nitrogens with zero attached hydrogens (tertiary/aromatic N) is 3. The molecule has 1 unspecified atom stereocenters. The second-order valence-electron chi connectivity index (χ2n) is 6.45. The number of aromatic nitrogens is 2. The normalized spacial score (nSPS) is 11.7. The predicted octanol–water partition coefficient (Wildman–Crippen LogP) is 5.27. The van der Waals surface area contributed by atoms with Crippen LogP contribution in [-0.4, -0.2) is 27.5 Å². The number of hydrogen-bond acceptors (Lipinski definition) is 6. The van der Waals surface area contributed by atoms with Gasteiger partial charge >= 0.3 is 0 Å². The number of carbonyl (C=O) groups excluding carboxylic acids is 1. The minimum absolute atomic E-state index is 0.287. The van der Waals surface area contributed by atoms with Gasteiger partial charge in [0.15, 0.2) is 10.0 Å². The van der Waals surface area contributed by atoms with Crippen LogP contribution in [-0.2, 0) is 11.4 Å². The van der Waals surface area contributed by atoms with Crippen molar-refractivity contribution in [3.05, 3.63) is 88.9 Å². The summed E-state index contributed by atoms with van der Waals surface area (Å²) in [4.78, 5) is 21.8. The Labute approximate surface area is 191 Å². The van der Waals surface area contributed by atoms with E-state index in [1.165, 1.54) is 11.3 Å². The third-order valence-corrected chi connectivity index (χ3v) is 6.80. The lowest BCUT2D eigenvalue weighted by Gasteiger charge is -2.21. The highest BCUT2D eigenvalue weighted by atomic mass is 35.5. The van der Waals surface area contributed by atoms with Crippen molar-refractivity contribution in [3.8, 4) is 11.4 Å². The van der Waals surface area contributed by atoms with Crippen molar-refractivity contribution in [2.75, 3.05) is 16.7 Å². The first-order chi connectivity index (χ1) is 15.0. The molecule has 2 aromatic carbocycles. The maximum atomic E-state index is 12.8. The summed E-state index contributed by atoms with van der Waals surface area (Å²) in [7, 11) is 1.74. The average Bonchev–Trinajstić information content (AvgIpc) is 3.28. The van der Waals surface area contributed by atoms with Gasteiger partial charge in [-0.1, -0.05) is 17.7 Å². The van der Waals surface area contributed by atoms with Crippen LogP contribution in [0.1, 0.15) is 10.4 Å². The van der Waals surface area contributed by atoms with Crippen LogP contribution in [0.15, 0.2) is 83.2 Å². The highest BCUT2D eigenvalue weighted by molar-refractivity contribution is 7.92. The zero-order valence-electron chi connectivity index (χ0n) is 16.4. The van der Waals surface area contributed by atoms with Crippen molar-refractivity contribution >= 4 is 51.0 Å². The van der Waals surface area contributed by atoms with Crippen LogP contribution in [0, 0.1) is 0 Å². The summed E-state index contributed by atoms with van der Waals surface area (Å²) < 4.78 is 14.5. The molecule has 2 aromatic heterocycles. The number of hydrogen-bond donors (Lipinski definition) is 1. The molecular formula is C22H17ClN4O2S2. The molecule has 0 spiro atoms. The third-order valence-electron chi connectivity index (χ3n) is 4.41. The van der Waals surface area contributed by atoms with Crippen LogP contribution in [0.5, 0.6) is 0 Å². The molecule has 0 fully saturated rings. The average molecular weight is 469 g/mol. The number of anilines is 2. The van der Waals surface area contributed by atoms with Gasteiger partial charge in [0.05, 0.1) is 18.4 Å². The van der Waals surface area contributed by atoms with Crippen LogP contribution in [0.25, 0.3) is 11.4 Å². The number of rotatable bonds is 6. The van der Waals surface area contributed by atoms with Gasteiger partial charge in [0.25, 0.3) is 5.91 Å². The van der Waals surface area contributed by atoms with Gasteiger partial charge < -0.3 is 4.55 Å². The van der Waals surface area contributed by atoms with Gasteiger partial charge in [-0.25, -0.2) is 4.98 Å². The van der Waals surface area contributed by atoms with Gasteiger partial charge in [0, 0.05) is 22.2 Å². The smallest absolute Gasteiger partial charge is 0.257 e. The molecule has 1 amide bonds. The summed E-state index contributed by atoms with van der Waals surface area (Å²) in [5, 5.41) is 5.74. The molecule has 156 valence electrons. The van der Waals surface area contributed by atoms with E-state index in [-0.39, 0.29) is 5.91 Å². The van der Waals surface area contributed by atoms with E-state index in [1.807, 2.05) is 23.6 Å². The van der Waals surface area contributed by atoms with Crippen molar-refractivity contribution in [1.29, 1.82) is 0 Å². The molecular weight excluding hydrogens is 452 g/mol. The lowest BCUT2D eigenvalue weighted by Crippen LogP contribution is -2.26. The Morgan fingerprint density at radius 2 is 1.81 bits per heavy atom. The topological polar surface area (TPSA) is 81.2 Å². The van der Waals surface area contributed by atoms with E-state index in [9.17, 15) is 9.35 Å². The van der Waals surface area contributed by atoms with Gasteiger partial charge in [-0.2, -0.15) is 4.31 Å². The van der Waals surface area contributed by atoms with Crippen LogP contribution in [0.4, 0.5) is 10.8 Å². The van der Waals surface area contributed by atoms with E-state index in [0.717, 1.165) is 11.4 Å². The van der Waals surface area contributed by atoms with E-state index in [2.05, 4.69) is 15.3 Å². The molecule has 0 radical (unpaired) electrons. The molecule has 1 atom stereocenters. The maximum Gasteiger partial charge on any atom is 0.257 e. The number of carbonyl (C=O) groups is 1. The summed E-state index contributed by atoms with van der Waals surface area (Å²) in [5.41, 5.74) is 2.68. The fraction of sp³-hybridized carbons (Fsp3) is 0.0455. The van der Waals surface area contributed by atoms with Crippen molar-refractivity contribution in [2.45, 2.75) is 4.90 Å². The molecule has 2 heterocycles. The van der Waals surface area contributed by atoms with Crippen molar-refractivity contribution in [3.63, 3.8) is 0 Å². The van der Waals surface area contributed by atoms with E-state index in [0.29, 0.717) is 26.3 Å². The Hall–Kier alpha value is -2.91. The SMILES string of the molecule is CN(c1ccc(Cl)cc1)[S+]([O-])c1ccc(C(=O)Nc2nc(-c3ccccn3)cs2)cc1. The quantitative estimate of drug-likeness (QED) is 0.390. The largest absolute Gasteiger partial charge is 0.588 e. The van der Waals surface area contributed by atoms with Crippen LogP contribution < -0.4 is 9.62 Å². The molecule has 4 rings (SSSR count). The van der Waals surface area contributed by atoms with Crippen molar-refractivity contribution < 1.29 is 9.35 Å². The molecule has 0 aliphatic rings. The second kappa shape index (κ2) is 9.49. The Balaban J connectivity index is 1.42. The van der Waals surface area contributed by atoms with Gasteiger partial charge in [-0.3, -0.25) is 15.1 Å². The Kier molecular flexibility index (Phi) is 6.53. The molecule has 0 saturated carbocycles. The molecule has 0 saturated heterocycles. The lowest BCUT2D eigenvalue weighted by molar-refractivity contribution is 0.102. The number of thiazole rings is 1. The zero-order valence-corrected chi connectivity index (χ0v) is 18.7. The molecule has 6 nitrogen and oxygen atoms in total. The molecule has 1 N–H and O–H groups in total. The van der Waals surface area contributed by atoms with Gasteiger partial charge in [-0.05, 0) is 60.7 Å². The van der Waals surface area contributed by atoms with Gasteiger partial charge in [-0.15, -0.1) is 11.3 Å². The van der Waals surface area contributed by atoms with E-state index < -0.39 is 11.4 Å². The Morgan fingerprint density at radius 1 is 1.06 bits per heavy atom. The highest BCUT2D eigenvalue weighted by Gasteiger charge is 2.20. The lowest BCUT2D eigenvalue weighted by atomic mass is 10.2. The molecule has 31 heavy (non-hydrogen) atoms. The number of benzene rings is 2. The first-order valence-electron chi connectivity index (χ1n) is 9.21. The molecule has 0 aliphatic carbocycles. The molecule has 0 bridgehead atoms. The maximum absolute atomic E-state index is 12.8. The fourth-order valence-electron chi connectivity index (χ4n) is 2.76. The second-order valence-corrected chi connectivity index (χ2v) is 9.27. The van der Waals surface area contributed by atoms with Crippen molar-refractivity contribution in [2.24, 2.45) is 0 Å². The summed E-state index contributed by atoms with van der Waals surface area (Å²) >= 11 is 5.82. The molecule has 9 heteroatoms. The van der Waals surface area contributed by atoms with Crippen LogP contribution in [0.2, 0.25) is 5.02 Å². The summed E-state index contributed by atoms with van der Waals surface area (Å²) in [5.74, 6) is -0.287. The standard InChI is InChI=1S/C22H17ClN4O2S2/c1-27(17-9-7-16(23)8-10-17)31(29)18-11-5-15(6-12-18)21(28)26-22-25-20(14-30-22)19-4-2-3-13-24-19/h2-14H,1H3,(H,25,26,28). The third kappa shape index (κ3) is 5.05. The fourth-order valence-corrected chi connectivity index (χ4v) is 4.58. The monoisotopic (exact) mass is 468 g/mol. The van der Waals surface area contributed by atoms with E-state index in [1.54, 1.807) is 66.1 Å². The highest BCUT2D eigenvalue weighted by Crippen LogP contribution is 2.25. The van der Waals surface area contributed by atoms with Crippen molar-refractivity contribution in [1.82, 2.24) is 9.97 Å². The number of halogens is 1. The first-order valence-corrected chi connectivity index (χ1v) is 11.6. The van der Waals surface area contributed by atoms with Gasteiger partial charge in [0.1, 0.15) is 17.1 Å². The number of amides is 1. The van der Waals surface area contributed by atoms with E-state index in [4.69, 9.17) is 11.6 Å². The molecule has 0 aliphatic heterocycles. The Morgan fingerprint density at radius 3 is 2.48 bits per heavy atom.